The first-order chi connectivity index (χ1) is 13.8. The molecule has 3 heterocycles. The average molecular weight is 381 g/mol. The first kappa shape index (κ1) is 15.8. The normalized spacial score (nSPS) is 14.3. The topological polar surface area (TPSA) is 39.1 Å². The fourth-order valence-electron chi connectivity index (χ4n) is 4.58. The highest BCUT2D eigenvalue weighted by atomic mass is 32.1. The average Bonchev–Trinajstić information content (AvgIpc) is 3.38. The Kier molecular flexibility index (Phi) is 3.17. The van der Waals surface area contributed by atoms with Gasteiger partial charge in [-0.2, -0.15) is 0 Å². The molecule has 2 aliphatic rings. The summed E-state index contributed by atoms with van der Waals surface area (Å²) in [5, 5.41) is 2.02. The number of nitrogens with zero attached hydrogens (tertiary/aromatic N) is 1. The van der Waals surface area contributed by atoms with Crippen LogP contribution in [0.1, 0.15) is 37.4 Å². The van der Waals surface area contributed by atoms with E-state index in [0.717, 1.165) is 34.8 Å². The molecule has 0 saturated carbocycles. The van der Waals surface area contributed by atoms with E-state index in [0.29, 0.717) is 22.3 Å². The van der Waals surface area contributed by atoms with Crippen molar-refractivity contribution < 1.29 is 9.59 Å². The van der Waals surface area contributed by atoms with Crippen molar-refractivity contribution in [2.75, 3.05) is 0 Å². The van der Waals surface area contributed by atoms with Gasteiger partial charge in [0.2, 0.25) is 0 Å². The summed E-state index contributed by atoms with van der Waals surface area (Å²) in [6.45, 7) is 0.767. The van der Waals surface area contributed by atoms with Crippen LogP contribution in [0.5, 0.6) is 0 Å². The third kappa shape index (κ3) is 1.93. The number of ketones is 2. The van der Waals surface area contributed by atoms with Crippen LogP contribution in [0.25, 0.3) is 21.8 Å². The van der Waals surface area contributed by atoms with Gasteiger partial charge in [-0.3, -0.25) is 9.59 Å². The van der Waals surface area contributed by atoms with Crippen LogP contribution in [0.3, 0.4) is 0 Å². The molecule has 1 aliphatic carbocycles. The number of carbonyl (C=O) groups is 2. The summed E-state index contributed by atoms with van der Waals surface area (Å²) in [6.07, 6.45) is 0.893. The molecule has 1 aliphatic heterocycles. The van der Waals surface area contributed by atoms with Crippen molar-refractivity contribution in [3.63, 3.8) is 0 Å². The largest absolute Gasteiger partial charge is 0.338 e. The van der Waals surface area contributed by atoms with Crippen LogP contribution in [0.2, 0.25) is 0 Å². The standard InChI is InChI=1S/C24H15NO2S/c26-23-16-8-3-4-9-17(16)24(27)20-19(23)21-15-7-2-1-6-14(15)11-12-25(21)22(20)18-10-5-13-28-18/h1-10,13H,11-12H2. The van der Waals surface area contributed by atoms with Crippen molar-refractivity contribution in [2.24, 2.45) is 0 Å². The Labute approximate surface area is 165 Å². The van der Waals surface area contributed by atoms with E-state index in [-0.39, 0.29) is 11.6 Å². The molecule has 0 atom stereocenters. The van der Waals surface area contributed by atoms with Gasteiger partial charge in [-0.05, 0) is 23.4 Å². The molecule has 2 aromatic heterocycles. The summed E-state index contributed by atoms with van der Waals surface area (Å²) in [7, 11) is 0. The van der Waals surface area contributed by atoms with E-state index in [1.165, 1.54) is 5.56 Å². The van der Waals surface area contributed by atoms with Crippen LogP contribution in [-0.2, 0) is 13.0 Å². The zero-order chi connectivity index (χ0) is 18.8. The Morgan fingerprint density at radius 2 is 1.36 bits per heavy atom. The highest BCUT2D eigenvalue weighted by Gasteiger charge is 2.39. The van der Waals surface area contributed by atoms with Crippen molar-refractivity contribution in [2.45, 2.75) is 13.0 Å². The third-order valence-electron chi connectivity index (χ3n) is 5.77. The van der Waals surface area contributed by atoms with E-state index in [1.807, 2.05) is 41.8 Å². The second-order valence-electron chi connectivity index (χ2n) is 7.19. The van der Waals surface area contributed by atoms with E-state index >= 15 is 0 Å². The Hall–Kier alpha value is -3.24. The summed E-state index contributed by atoms with van der Waals surface area (Å²) < 4.78 is 2.19. The molecule has 134 valence electrons. The summed E-state index contributed by atoms with van der Waals surface area (Å²) >= 11 is 1.61. The number of benzene rings is 2. The highest BCUT2D eigenvalue weighted by Crippen LogP contribution is 2.46. The van der Waals surface area contributed by atoms with Gasteiger partial charge in [-0.25, -0.2) is 0 Å². The van der Waals surface area contributed by atoms with Crippen molar-refractivity contribution in [1.82, 2.24) is 4.57 Å². The van der Waals surface area contributed by atoms with Gasteiger partial charge in [-0.15, -0.1) is 11.3 Å². The number of hydrogen-bond donors (Lipinski definition) is 0. The predicted molar refractivity (Wildman–Crippen MR) is 110 cm³/mol. The van der Waals surface area contributed by atoms with Crippen molar-refractivity contribution in [3.8, 4) is 21.8 Å². The number of thiophene rings is 1. The SMILES string of the molecule is O=C1c2ccccc2C(=O)c2c1c(-c1cccs1)n1c2-c2ccccc2CC1. The maximum atomic E-state index is 13.6. The number of rotatable bonds is 1. The Balaban J connectivity index is 1.77. The number of fused-ring (bicyclic) bond motifs is 6. The number of hydrogen-bond acceptors (Lipinski definition) is 3. The highest BCUT2D eigenvalue weighted by molar-refractivity contribution is 7.13. The van der Waals surface area contributed by atoms with Crippen LogP contribution in [-0.4, -0.2) is 16.1 Å². The molecule has 6 rings (SSSR count). The van der Waals surface area contributed by atoms with Gasteiger partial charge < -0.3 is 4.57 Å². The fourth-order valence-corrected chi connectivity index (χ4v) is 5.37. The van der Waals surface area contributed by atoms with Gasteiger partial charge >= 0.3 is 0 Å². The summed E-state index contributed by atoms with van der Waals surface area (Å²) in [6, 6.07) is 19.4. The van der Waals surface area contributed by atoms with E-state index in [4.69, 9.17) is 0 Å². The molecule has 4 heteroatoms. The second kappa shape index (κ2) is 5.63. The van der Waals surface area contributed by atoms with E-state index in [9.17, 15) is 9.59 Å². The summed E-state index contributed by atoms with van der Waals surface area (Å²) in [4.78, 5) is 28.1. The van der Waals surface area contributed by atoms with Crippen LogP contribution in [0.4, 0.5) is 0 Å². The first-order valence-electron chi connectivity index (χ1n) is 9.33. The monoisotopic (exact) mass is 381 g/mol. The molecule has 28 heavy (non-hydrogen) atoms. The lowest BCUT2D eigenvalue weighted by molar-refractivity contribution is 0.0981. The summed E-state index contributed by atoms with van der Waals surface area (Å²) in [5.41, 5.74) is 6.23. The minimum atomic E-state index is -0.0482. The zero-order valence-electron chi connectivity index (χ0n) is 14.9. The molecule has 0 unspecified atom stereocenters. The molecular weight excluding hydrogens is 366 g/mol. The molecule has 0 amide bonds. The Morgan fingerprint density at radius 1 is 0.714 bits per heavy atom. The fraction of sp³-hybridized carbons (Fsp3) is 0.0833. The molecule has 0 saturated heterocycles. The molecule has 0 radical (unpaired) electrons. The lowest BCUT2D eigenvalue weighted by Crippen LogP contribution is -2.20. The number of carbonyl (C=O) groups excluding carboxylic acids is 2. The van der Waals surface area contributed by atoms with Gasteiger partial charge in [0.25, 0.3) is 0 Å². The molecule has 0 spiro atoms. The lowest BCUT2D eigenvalue weighted by Gasteiger charge is -2.22. The van der Waals surface area contributed by atoms with Crippen LogP contribution < -0.4 is 0 Å². The second-order valence-corrected chi connectivity index (χ2v) is 8.13. The molecule has 0 fully saturated rings. The molecule has 0 N–H and O–H groups in total. The van der Waals surface area contributed by atoms with Gasteiger partial charge in [0.05, 0.1) is 27.4 Å². The smallest absolute Gasteiger partial charge is 0.196 e. The van der Waals surface area contributed by atoms with Gasteiger partial charge in [0.1, 0.15) is 0 Å². The van der Waals surface area contributed by atoms with E-state index < -0.39 is 0 Å². The Morgan fingerprint density at radius 3 is 2.04 bits per heavy atom. The molecule has 3 nitrogen and oxygen atoms in total. The lowest BCUT2D eigenvalue weighted by atomic mass is 9.82. The van der Waals surface area contributed by atoms with Crippen molar-refractivity contribution in [3.05, 3.63) is 93.9 Å². The minimum Gasteiger partial charge on any atom is -0.338 e. The van der Waals surface area contributed by atoms with E-state index in [1.54, 1.807) is 23.5 Å². The van der Waals surface area contributed by atoms with E-state index in [2.05, 4.69) is 16.7 Å². The molecule has 2 aromatic carbocycles. The van der Waals surface area contributed by atoms with Crippen molar-refractivity contribution in [1.29, 1.82) is 0 Å². The van der Waals surface area contributed by atoms with Gasteiger partial charge in [0.15, 0.2) is 11.6 Å². The molecule has 0 bridgehead atoms. The minimum absolute atomic E-state index is 0.0477. The maximum absolute atomic E-state index is 13.6. The quantitative estimate of drug-likeness (QED) is 0.400. The van der Waals surface area contributed by atoms with Crippen LogP contribution >= 0.6 is 11.3 Å². The third-order valence-corrected chi connectivity index (χ3v) is 6.64. The van der Waals surface area contributed by atoms with Crippen LogP contribution in [0.15, 0.2) is 66.0 Å². The van der Waals surface area contributed by atoms with Crippen LogP contribution in [0, 0.1) is 0 Å². The summed E-state index contributed by atoms with van der Waals surface area (Å²) in [5.74, 6) is -0.0959. The first-order valence-corrected chi connectivity index (χ1v) is 10.2. The molecule has 4 aromatic rings. The van der Waals surface area contributed by atoms with Crippen molar-refractivity contribution >= 4 is 22.9 Å². The Bertz CT molecular complexity index is 1290. The predicted octanol–water partition coefficient (Wildman–Crippen LogP) is 5.22. The van der Waals surface area contributed by atoms with Gasteiger partial charge in [-0.1, -0.05) is 54.6 Å². The maximum Gasteiger partial charge on any atom is 0.196 e. The number of aryl methyl sites for hydroxylation is 1. The zero-order valence-corrected chi connectivity index (χ0v) is 15.8. The molecular formula is C24H15NO2S. The van der Waals surface area contributed by atoms with Gasteiger partial charge in [0, 0.05) is 23.2 Å². The number of aromatic nitrogens is 1.